The van der Waals surface area contributed by atoms with Crippen LogP contribution in [0.2, 0.25) is 0 Å². The second-order valence-electron chi connectivity index (χ2n) is 10.2. The van der Waals surface area contributed by atoms with Crippen LogP contribution in [0.4, 0.5) is 0 Å². The first-order valence-corrected chi connectivity index (χ1v) is 13.3. The van der Waals surface area contributed by atoms with Crippen molar-refractivity contribution in [2.24, 2.45) is 0 Å². The van der Waals surface area contributed by atoms with E-state index in [0.717, 1.165) is 33.5 Å². The number of pyridine rings is 1. The van der Waals surface area contributed by atoms with Crippen molar-refractivity contribution in [1.29, 1.82) is 5.26 Å². The molecule has 0 aliphatic rings. The Morgan fingerprint density at radius 1 is 0.564 bits per heavy atom. The van der Waals surface area contributed by atoms with Gasteiger partial charge in [-0.3, -0.25) is 4.98 Å². The lowest BCUT2D eigenvalue weighted by molar-refractivity contribution is 0.867. The monoisotopic (exact) mass is 500 g/mol. The smallest absolute Gasteiger partial charge is 0.0992 e. The van der Waals surface area contributed by atoms with E-state index in [9.17, 15) is 5.26 Å². The standard InChI is InChI=1S/C37H28N2/c1-25(2)27-10-14-29(15-11-27)33-18-19-34(36-8-4-3-7-35(33)36)32-22-26(24-38)21-31(23-32)28-12-16-30(17-13-28)37-9-5-6-20-39-37/h3-23,25H,1-2H3. The molecule has 0 saturated carbocycles. The highest BCUT2D eigenvalue weighted by Gasteiger charge is 2.12. The van der Waals surface area contributed by atoms with E-state index in [2.05, 4.69) is 116 Å². The fourth-order valence-corrected chi connectivity index (χ4v) is 5.23. The fourth-order valence-electron chi connectivity index (χ4n) is 5.23. The number of rotatable bonds is 5. The third kappa shape index (κ3) is 4.83. The molecule has 0 N–H and O–H groups in total. The number of benzene rings is 5. The van der Waals surface area contributed by atoms with Gasteiger partial charge in [-0.15, -0.1) is 0 Å². The van der Waals surface area contributed by atoms with Crippen molar-refractivity contribution < 1.29 is 0 Å². The summed E-state index contributed by atoms with van der Waals surface area (Å²) < 4.78 is 0. The average Bonchev–Trinajstić information content (AvgIpc) is 3.01. The first-order chi connectivity index (χ1) is 19.1. The summed E-state index contributed by atoms with van der Waals surface area (Å²) in [6, 6.07) is 44.7. The Hall–Kier alpha value is -5.00. The molecule has 1 aromatic heterocycles. The van der Waals surface area contributed by atoms with Crippen LogP contribution in [0.15, 0.2) is 128 Å². The van der Waals surface area contributed by atoms with Crippen molar-refractivity contribution in [1.82, 2.24) is 4.98 Å². The van der Waals surface area contributed by atoms with E-state index >= 15 is 0 Å². The summed E-state index contributed by atoms with van der Waals surface area (Å²) >= 11 is 0. The normalized spacial score (nSPS) is 11.0. The van der Waals surface area contributed by atoms with Gasteiger partial charge >= 0.3 is 0 Å². The first kappa shape index (κ1) is 24.3. The van der Waals surface area contributed by atoms with Crippen LogP contribution in [0.3, 0.4) is 0 Å². The minimum absolute atomic E-state index is 0.506. The molecular formula is C37H28N2. The van der Waals surface area contributed by atoms with Crippen LogP contribution in [0.1, 0.15) is 30.9 Å². The van der Waals surface area contributed by atoms with E-state index in [1.165, 1.54) is 27.5 Å². The molecule has 5 aromatic carbocycles. The summed E-state index contributed by atoms with van der Waals surface area (Å²) in [5.41, 5.74) is 10.7. The van der Waals surface area contributed by atoms with Gasteiger partial charge < -0.3 is 0 Å². The third-order valence-electron chi connectivity index (χ3n) is 7.36. The van der Waals surface area contributed by atoms with Crippen LogP contribution in [-0.4, -0.2) is 4.98 Å². The lowest BCUT2D eigenvalue weighted by Crippen LogP contribution is -1.90. The molecule has 2 nitrogen and oxygen atoms in total. The molecule has 39 heavy (non-hydrogen) atoms. The van der Waals surface area contributed by atoms with Crippen LogP contribution in [0.5, 0.6) is 0 Å². The maximum Gasteiger partial charge on any atom is 0.0992 e. The van der Waals surface area contributed by atoms with Gasteiger partial charge in [0.25, 0.3) is 0 Å². The lowest BCUT2D eigenvalue weighted by atomic mass is 9.89. The fraction of sp³-hybridized carbons (Fsp3) is 0.0811. The molecule has 2 heteroatoms. The molecule has 6 aromatic rings. The third-order valence-corrected chi connectivity index (χ3v) is 7.36. The van der Waals surface area contributed by atoms with Gasteiger partial charge in [-0.25, -0.2) is 0 Å². The molecule has 0 radical (unpaired) electrons. The van der Waals surface area contributed by atoms with Crippen molar-refractivity contribution in [3.8, 4) is 50.7 Å². The van der Waals surface area contributed by atoms with Gasteiger partial charge in [0.05, 0.1) is 17.3 Å². The Morgan fingerprint density at radius 2 is 1.15 bits per heavy atom. The maximum atomic E-state index is 9.88. The first-order valence-electron chi connectivity index (χ1n) is 13.3. The van der Waals surface area contributed by atoms with Crippen molar-refractivity contribution in [2.75, 3.05) is 0 Å². The van der Waals surface area contributed by atoms with E-state index in [1.807, 2.05) is 36.5 Å². The minimum atomic E-state index is 0.506. The van der Waals surface area contributed by atoms with E-state index in [4.69, 9.17) is 0 Å². The minimum Gasteiger partial charge on any atom is -0.256 e. The average molecular weight is 501 g/mol. The summed E-state index contributed by atoms with van der Waals surface area (Å²) in [6.45, 7) is 4.44. The Labute approximate surface area is 229 Å². The molecule has 6 rings (SSSR count). The molecule has 1 heterocycles. The lowest BCUT2D eigenvalue weighted by Gasteiger charge is -2.14. The molecule has 0 atom stereocenters. The topological polar surface area (TPSA) is 36.7 Å². The van der Waals surface area contributed by atoms with Gasteiger partial charge in [0, 0.05) is 11.8 Å². The molecule has 0 aliphatic heterocycles. The molecule has 0 saturated heterocycles. The Bertz CT molecular complexity index is 1810. The van der Waals surface area contributed by atoms with Crippen molar-refractivity contribution in [3.63, 3.8) is 0 Å². The van der Waals surface area contributed by atoms with Gasteiger partial charge in [0.2, 0.25) is 0 Å². The van der Waals surface area contributed by atoms with Crippen LogP contribution < -0.4 is 0 Å². The van der Waals surface area contributed by atoms with E-state index < -0.39 is 0 Å². The number of hydrogen-bond acceptors (Lipinski definition) is 2. The van der Waals surface area contributed by atoms with E-state index in [0.29, 0.717) is 11.5 Å². The van der Waals surface area contributed by atoms with E-state index in [1.54, 1.807) is 0 Å². The predicted octanol–water partition coefficient (Wildman–Crippen LogP) is 9.90. The summed E-state index contributed by atoms with van der Waals surface area (Å²) in [4.78, 5) is 4.46. The van der Waals surface area contributed by atoms with Crippen molar-refractivity contribution in [3.05, 3.63) is 139 Å². The second-order valence-corrected chi connectivity index (χ2v) is 10.2. The Morgan fingerprint density at radius 3 is 1.77 bits per heavy atom. The van der Waals surface area contributed by atoms with Crippen LogP contribution in [0, 0.1) is 11.3 Å². The summed E-state index contributed by atoms with van der Waals surface area (Å²) in [5, 5.41) is 12.3. The second kappa shape index (κ2) is 10.4. The van der Waals surface area contributed by atoms with Gasteiger partial charge in [-0.1, -0.05) is 105 Å². The largest absolute Gasteiger partial charge is 0.256 e. The summed E-state index contributed by atoms with van der Waals surface area (Å²) in [5.74, 6) is 0.506. The number of nitrogens with zero attached hydrogens (tertiary/aromatic N) is 2. The maximum absolute atomic E-state index is 9.88. The molecular weight excluding hydrogens is 472 g/mol. The van der Waals surface area contributed by atoms with Gasteiger partial charge in [0.15, 0.2) is 0 Å². The molecule has 0 bridgehead atoms. The summed E-state index contributed by atoms with van der Waals surface area (Å²) in [6.07, 6.45) is 1.81. The zero-order valence-corrected chi connectivity index (χ0v) is 22.1. The Kier molecular flexibility index (Phi) is 6.49. The molecule has 0 spiro atoms. The SMILES string of the molecule is CC(C)c1ccc(-c2ccc(-c3cc(C#N)cc(-c4ccc(-c5ccccn5)cc4)c3)c3ccccc23)cc1. The zero-order chi connectivity index (χ0) is 26.8. The molecule has 0 fully saturated rings. The van der Waals surface area contributed by atoms with Gasteiger partial charge in [0.1, 0.15) is 0 Å². The van der Waals surface area contributed by atoms with Crippen LogP contribution in [0.25, 0.3) is 55.4 Å². The predicted molar refractivity (Wildman–Crippen MR) is 162 cm³/mol. The Balaban J connectivity index is 1.44. The molecule has 0 amide bonds. The highest BCUT2D eigenvalue weighted by Crippen LogP contribution is 2.38. The number of aromatic nitrogens is 1. The summed E-state index contributed by atoms with van der Waals surface area (Å²) in [7, 11) is 0. The quantitative estimate of drug-likeness (QED) is 0.236. The van der Waals surface area contributed by atoms with Crippen molar-refractivity contribution >= 4 is 10.8 Å². The zero-order valence-electron chi connectivity index (χ0n) is 22.1. The van der Waals surface area contributed by atoms with Crippen LogP contribution in [-0.2, 0) is 0 Å². The van der Waals surface area contributed by atoms with Gasteiger partial charge in [-0.2, -0.15) is 5.26 Å². The molecule has 186 valence electrons. The highest BCUT2D eigenvalue weighted by molar-refractivity contribution is 6.05. The number of fused-ring (bicyclic) bond motifs is 1. The van der Waals surface area contributed by atoms with E-state index in [-0.39, 0.29) is 0 Å². The van der Waals surface area contributed by atoms with Crippen LogP contribution >= 0.6 is 0 Å². The molecule has 0 aliphatic carbocycles. The highest BCUT2D eigenvalue weighted by atomic mass is 14.7. The number of nitriles is 1. The number of hydrogen-bond donors (Lipinski definition) is 0. The van der Waals surface area contributed by atoms with Gasteiger partial charge in [-0.05, 0) is 86.0 Å². The van der Waals surface area contributed by atoms with Crippen molar-refractivity contribution in [2.45, 2.75) is 19.8 Å². The molecule has 0 unspecified atom stereocenters.